The highest BCUT2D eigenvalue weighted by atomic mass is 32.2. The molecule has 0 aliphatic carbocycles. The molecule has 9 nitrogen and oxygen atoms in total. The number of methoxy groups -OCH3 is 1. The lowest BCUT2D eigenvalue weighted by Crippen LogP contribution is -2.52. The van der Waals surface area contributed by atoms with Gasteiger partial charge in [0.2, 0.25) is 15.9 Å². The highest BCUT2D eigenvalue weighted by Gasteiger charge is 2.37. The molecule has 2 aromatic carbocycles. The lowest BCUT2D eigenvalue weighted by atomic mass is 9.96. The fourth-order valence-corrected chi connectivity index (χ4v) is 7.09. The average Bonchev–Trinajstić information content (AvgIpc) is 3.37. The SMILES string of the molecule is COc1cccc(N2CCN(C(=O)C3CCN(S(=O)(=O)c4c(C)noc4C=Cc4ccc(C)cc4)CC3)CC2)c1. The minimum atomic E-state index is -3.82. The zero-order valence-electron chi connectivity index (χ0n) is 23.2. The molecule has 2 saturated heterocycles. The van der Waals surface area contributed by atoms with Gasteiger partial charge in [-0.15, -0.1) is 0 Å². The van der Waals surface area contributed by atoms with Crippen LogP contribution >= 0.6 is 0 Å². The number of benzene rings is 2. The molecule has 212 valence electrons. The number of aromatic nitrogens is 1. The van der Waals surface area contributed by atoms with Crippen LogP contribution in [0.25, 0.3) is 12.2 Å². The van der Waals surface area contributed by atoms with E-state index in [2.05, 4.69) is 16.1 Å². The van der Waals surface area contributed by atoms with Gasteiger partial charge < -0.3 is 19.1 Å². The van der Waals surface area contributed by atoms with Crippen molar-refractivity contribution >= 4 is 33.8 Å². The molecule has 0 N–H and O–H groups in total. The largest absolute Gasteiger partial charge is 0.497 e. The number of carbonyl (C=O) groups excluding carboxylic acids is 1. The fourth-order valence-electron chi connectivity index (χ4n) is 5.37. The van der Waals surface area contributed by atoms with Gasteiger partial charge in [0, 0.05) is 56.9 Å². The summed E-state index contributed by atoms with van der Waals surface area (Å²) in [5, 5.41) is 3.94. The van der Waals surface area contributed by atoms with Gasteiger partial charge in [-0.2, -0.15) is 4.31 Å². The quantitative estimate of drug-likeness (QED) is 0.424. The molecule has 1 aromatic heterocycles. The second-order valence-electron chi connectivity index (χ2n) is 10.4. The van der Waals surface area contributed by atoms with Crippen LogP contribution in [0.5, 0.6) is 5.75 Å². The maximum Gasteiger partial charge on any atom is 0.248 e. The zero-order valence-corrected chi connectivity index (χ0v) is 24.1. The minimum Gasteiger partial charge on any atom is -0.497 e. The Bertz CT molecular complexity index is 1470. The predicted octanol–water partition coefficient (Wildman–Crippen LogP) is 4.22. The lowest BCUT2D eigenvalue weighted by Gasteiger charge is -2.39. The predicted molar refractivity (Wildman–Crippen MR) is 155 cm³/mol. The first kappa shape index (κ1) is 27.9. The van der Waals surface area contributed by atoms with Crippen molar-refractivity contribution in [2.75, 3.05) is 51.3 Å². The molecule has 2 aliphatic heterocycles. The van der Waals surface area contributed by atoms with Crippen LogP contribution in [-0.2, 0) is 14.8 Å². The number of hydrogen-bond acceptors (Lipinski definition) is 7. The van der Waals surface area contributed by atoms with Crippen molar-refractivity contribution in [1.29, 1.82) is 0 Å². The summed E-state index contributed by atoms with van der Waals surface area (Å²) < 4.78 is 39.4. The Morgan fingerprint density at radius 3 is 2.35 bits per heavy atom. The maximum absolute atomic E-state index is 13.6. The molecule has 0 unspecified atom stereocenters. The van der Waals surface area contributed by atoms with Gasteiger partial charge in [0.05, 0.1) is 7.11 Å². The summed E-state index contributed by atoms with van der Waals surface area (Å²) in [6.45, 7) is 7.01. The second kappa shape index (κ2) is 11.9. The summed E-state index contributed by atoms with van der Waals surface area (Å²) >= 11 is 0. The molecular weight excluding hydrogens is 528 g/mol. The summed E-state index contributed by atoms with van der Waals surface area (Å²) in [4.78, 5) is 17.6. The second-order valence-corrected chi connectivity index (χ2v) is 12.3. The van der Waals surface area contributed by atoms with Gasteiger partial charge in [-0.3, -0.25) is 4.79 Å². The molecule has 3 heterocycles. The fraction of sp³-hybridized carbons (Fsp3) is 0.400. The number of anilines is 1. The molecule has 3 aromatic rings. The van der Waals surface area contributed by atoms with E-state index in [1.54, 1.807) is 20.1 Å². The Labute approximate surface area is 236 Å². The Morgan fingerprint density at radius 2 is 1.68 bits per heavy atom. The number of hydrogen-bond donors (Lipinski definition) is 0. The summed E-state index contributed by atoms with van der Waals surface area (Å²) in [5.41, 5.74) is 3.50. The minimum absolute atomic E-state index is 0.0919. The van der Waals surface area contributed by atoms with Crippen molar-refractivity contribution in [3.63, 3.8) is 0 Å². The average molecular weight is 565 g/mol. The van der Waals surface area contributed by atoms with Crippen molar-refractivity contribution in [1.82, 2.24) is 14.4 Å². The van der Waals surface area contributed by atoms with Crippen molar-refractivity contribution in [3.8, 4) is 5.75 Å². The number of carbonyl (C=O) groups is 1. The summed E-state index contributed by atoms with van der Waals surface area (Å²) in [6.07, 6.45) is 4.45. The first-order valence-corrected chi connectivity index (χ1v) is 15.1. The Hall–Kier alpha value is -3.63. The van der Waals surface area contributed by atoms with Crippen LogP contribution in [0.15, 0.2) is 57.9 Å². The van der Waals surface area contributed by atoms with Gasteiger partial charge in [-0.25, -0.2) is 8.42 Å². The normalized spacial score (nSPS) is 17.5. The Balaban J connectivity index is 1.19. The van der Waals surface area contributed by atoms with E-state index in [4.69, 9.17) is 9.26 Å². The summed E-state index contributed by atoms with van der Waals surface area (Å²) in [6, 6.07) is 15.9. The summed E-state index contributed by atoms with van der Waals surface area (Å²) in [7, 11) is -2.17. The number of piperidine rings is 1. The van der Waals surface area contributed by atoms with Crippen molar-refractivity contribution in [2.24, 2.45) is 5.92 Å². The van der Waals surface area contributed by atoms with Gasteiger partial charge in [-0.05, 0) is 50.5 Å². The number of rotatable bonds is 7. The Kier molecular flexibility index (Phi) is 8.27. The Morgan fingerprint density at radius 1 is 0.975 bits per heavy atom. The lowest BCUT2D eigenvalue weighted by molar-refractivity contribution is -0.137. The van der Waals surface area contributed by atoms with Gasteiger partial charge in [0.25, 0.3) is 0 Å². The molecule has 0 bridgehead atoms. The van der Waals surface area contributed by atoms with Gasteiger partial charge in [-0.1, -0.05) is 47.1 Å². The van der Waals surface area contributed by atoms with E-state index >= 15 is 0 Å². The van der Waals surface area contributed by atoms with Crippen LogP contribution in [0.4, 0.5) is 5.69 Å². The zero-order chi connectivity index (χ0) is 28.3. The molecular formula is C30H36N4O5S. The van der Waals surface area contributed by atoms with Crippen molar-refractivity contribution < 1.29 is 22.5 Å². The number of sulfonamides is 1. The van der Waals surface area contributed by atoms with Crippen molar-refractivity contribution in [3.05, 3.63) is 71.1 Å². The van der Waals surface area contributed by atoms with Crippen LogP contribution in [0, 0.1) is 19.8 Å². The molecule has 0 atom stereocenters. The number of amides is 1. The van der Waals surface area contributed by atoms with Crippen LogP contribution < -0.4 is 9.64 Å². The molecule has 5 rings (SSSR count). The van der Waals surface area contributed by atoms with Crippen LogP contribution in [0.3, 0.4) is 0 Å². The smallest absolute Gasteiger partial charge is 0.248 e. The molecule has 0 radical (unpaired) electrons. The van der Waals surface area contributed by atoms with Gasteiger partial charge in [0.15, 0.2) is 10.7 Å². The van der Waals surface area contributed by atoms with Crippen LogP contribution in [0.1, 0.15) is 35.4 Å². The first-order chi connectivity index (χ1) is 19.3. The van der Waals surface area contributed by atoms with E-state index in [1.165, 1.54) is 4.31 Å². The summed E-state index contributed by atoms with van der Waals surface area (Å²) in [5.74, 6) is 0.961. The first-order valence-electron chi connectivity index (χ1n) is 13.7. The van der Waals surface area contributed by atoms with Gasteiger partial charge >= 0.3 is 0 Å². The molecule has 1 amide bonds. The standard InChI is InChI=1S/C30H36N4O5S/c1-22-7-9-24(10-8-22)11-12-28-29(23(2)31-39-28)40(36,37)34-15-13-25(14-16-34)30(35)33-19-17-32(18-20-33)26-5-4-6-27(21-26)38-3/h4-12,21,25H,13-20H2,1-3H3. The maximum atomic E-state index is 13.6. The van der Waals surface area contributed by atoms with E-state index < -0.39 is 10.0 Å². The molecule has 2 fully saturated rings. The third-order valence-electron chi connectivity index (χ3n) is 7.75. The monoisotopic (exact) mass is 564 g/mol. The molecule has 2 aliphatic rings. The number of aryl methyl sites for hydroxylation is 2. The molecule has 0 spiro atoms. The van der Waals surface area contributed by atoms with Crippen LogP contribution in [-0.4, -0.2) is 75.1 Å². The molecule has 40 heavy (non-hydrogen) atoms. The van der Waals surface area contributed by atoms with Crippen molar-refractivity contribution in [2.45, 2.75) is 31.6 Å². The molecule has 0 saturated carbocycles. The number of nitrogens with zero attached hydrogens (tertiary/aromatic N) is 4. The highest BCUT2D eigenvalue weighted by molar-refractivity contribution is 7.89. The van der Waals surface area contributed by atoms with E-state index in [-0.39, 0.29) is 35.6 Å². The highest BCUT2D eigenvalue weighted by Crippen LogP contribution is 2.30. The van der Waals surface area contributed by atoms with E-state index in [0.717, 1.165) is 35.7 Å². The third-order valence-corrected chi connectivity index (χ3v) is 9.81. The van der Waals surface area contributed by atoms with E-state index in [9.17, 15) is 13.2 Å². The van der Waals surface area contributed by atoms with Gasteiger partial charge in [0.1, 0.15) is 11.4 Å². The number of ether oxygens (including phenoxy) is 1. The van der Waals surface area contributed by atoms with Crippen LogP contribution in [0.2, 0.25) is 0 Å². The third kappa shape index (κ3) is 5.93. The topological polar surface area (TPSA) is 96.2 Å². The van der Waals surface area contributed by atoms with E-state index in [0.29, 0.717) is 31.6 Å². The molecule has 10 heteroatoms. The van der Waals surface area contributed by atoms with E-state index in [1.807, 2.05) is 60.4 Å². The number of piperazine rings is 1.